The molecular weight excluding hydrogens is 170 g/mol. The Hall–Kier alpha value is -0.0400. The van der Waals surface area contributed by atoms with Crippen molar-refractivity contribution in [3.8, 4) is 0 Å². The summed E-state index contributed by atoms with van der Waals surface area (Å²) in [7, 11) is 0. The Morgan fingerprint density at radius 3 is 2.29 bits per heavy atom. The lowest BCUT2D eigenvalue weighted by molar-refractivity contribution is 0.170. The molecule has 0 amide bonds. The standard InChI is InChI=1S/C13H25N/c1-9-3-4-12-8-10(2)13(14)6-5-11(12)7-9/h9-13H,3-8,14H2,1-2H3. The Balaban J connectivity index is 2.00. The van der Waals surface area contributed by atoms with E-state index in [1.165, 1.54) is 38.5 Å². The molecule has 0 bridgehead atoms. The molecule has 0 aromatic rings. The number of hydrogen-bond acceptors (Lipinski definition) is 1. The van der Waals surface area contributed by atoms with Gasteiger partial charge in [-0.15, -0.1) is 0 Å². The van der Waals surface area contributed by atoms with Gasteiger partial charge in [-0.1, -0.05) is 20.3 Å². The second kappa shape index (κ2) is 4.22. The highest BCUT2D eigenvalue weighted by Crippen LogP contribution is 2.42. The highest BCUT2D eigenvalue weighted by Gasteiger charge is 2.33. The van der Waals surface area contributed by atoms with Crippen LogP contribution in [0.2, 0.25) is 0 Å². The molecule has 0 saturated heterocycles. The Morgan fingerprint density at radius 1 is 0.857 bits per heavy atom. The average Bonchev–Trinajstić information content (AvgIpc) is 2.29. The first-order chi connectivity index (χ1) is 6.66. The van der Waals surface area contributed by atoms with Crippen LogP contribution in [0.25, 0.3) is 0 Å². The zero-order chi connectivity index (χ0) is 10.1. The van der Waals surface area contributed by atoms with E-state index in [1.807, 2.05) is 0 Å². The van der Waals surface area contributed by atoms with Gasteiger partial charge in [-0.25, -0.2) is 0 Å². The summed E-state index contributed by atoms with van der Waals surface area (Å²) in [6, 6.07) is 0.482. The number of nitrogens with two attached hydrogens (primary N) is 1. The van der Waals surface area contributed by atoms with Crippen LogP contribution >= 0.6 is 0 Å². The van der Waals surface area contributed by atoms with Gasteiger partial charge in [0, 0.05) is 6.04 Å². The first kappa shape index (κ1) is 10.5. The smallest absolute Gasteiger partial charge is 0.00647 e. The largest absolute Gasteiger partial charge is 0.327 e. The van der Waals surface area contributed by atoms with E-state index >= 15 is 0 Å². The van der Waals surface area contributed by atoms with E-state index in [0.717, 1.165) is 23.7 Å². The minimum absolute atomic E-state index is 0.482. The van der Waals surface area contributed by atoms with Crippen LogP contribution in [-0.4, -0.2) is 6.04 Å². The summed E-state index contributed by atoms with van der Waals surface area (Å²) in [4.78, 5) is 0. The molecule has 2 aliphatic rings. The van der Waals surface area contributed by atoms with Gasteiger partial charge in [0.25, 0.3) is 0 Å². The quantitative estimate of drug-likeness (QED) is 0.631. The van der Waals surface area contributed by atoms with E-state index in [2.05, 4.69) is 13.8 Å². The molecule has 2 N–H and O–H groups in total. The summed E-state index contributed by atoms with van der Waals surface area (Å²) in [6.07, 6.45) is 8.49. The van der Waals surface area contributed by atoms with Crippen LogP contribution in [0, 0.1) is 23.7 Å². The molecule has 2 aliphatic carbocycles. The SMILES string of the molecule is CC1CCC2CC(C)C(N)CCC2C1. The summed E-state index contributed by atoms with van der Waals surface area (Å²) in [6.45, 7) is 4.77. The molecule has 2 rings (SSSR count). The summed E-state index contributed by atoms with van der Waals surface area (Å²) in [5, 5.41) is 0. The van der Waals surface area contributed by atoms with E-state index in [4.69, 9.17) is 5.73 Å². The Labute approximate surface area is 88.4 Å². The highest BCUT2D eigenvalue weighted by molar-refractivity contribution is 4.86. The maximum atomic E-state index is 6.17. The number of fused-ring (bicyclic) bond motifs is 1. The minimum atomic E-state index is 0.482. The molecule has 5 unspecified atom stereocenters. The van der Waals surface area contributed by atoms with Crippen LogP contribution in [0.4, 0.5) is 0 Å². The van der Waals surface area contributed by atoms with Gasteiger partial charge in [0.2, 0.25) is 0 Å². The Morgan fingerprint density at radius 2 is 1.50 bits per heavy atom. The molecule has 0 radical (unpaired) electrons. The monoisotopic (exact) mass is 195 g/mol. The van der Waals surface area contributed by atoms with E-state index in [-0.39, 0.29) is 0 Å². The zero-order valence-electron chi connectivity index (χ0n) is 9.71. The summed E-state index contributed by atoms with van der Waals surface area (Å²) in [5.74, 6) is 3.75. The third-order valence-corrected chi connectivity index (χ3v) is 4.68. The predicted octanol–water partition coefficient (Wildman–Crippen LogP) is 3.19. The Bertz CT molecular complexity index is 190. The second-order valence-electron chi connectivity index (χ2n) is 5.89. The summed E-state index contributed by atoms with van der Waals surface area (Å²) >= 11 is 0. The molecule has 0 spiro atoms. The fourth-order valence-electron chi connectivity index (χ4n) is 3.57. The molecule has 14 heavy (non-hydrogen) atoms. The van der Waals surface area contributed by atoms with Crippen molar-refractivity contribution >= 4 is 0 Å². The van der Waals surface area contributed by atoms with Gasteiger partial charge in [0.1, 0.15) is 0 Å². The van der Waals surface area contributed by atoms with Crippen molar-refractivity contribution in [1.29, 1.82) is 0 Å². The van der Waals surface area contributed by atoms with Gasteiger partial charge >= 0.3 is 0 Å². The maximum Gasteiger partial charge on any atom is 0.00647 e. The molecule has 82 valence electrons. The first-order valence-corrected chi connectivity index (χ1v) is 6.42. The van der Waals surface area contributed by atoms with Crippen molar-refractivity contribution in [3.05, 3.63) is 0 Å². The van der Waals surface area contributed by atoms with Crippen molar-refractivity contribution in [2.75, 3.05) is 0 Å². The van der Waals surface area contributed by atoms with Crippen molar-refractivity contribution in [2.45, 2.75) is 58.4 Å². The van der Waals surface area contributed by atoms with Gasteiger partial charge in [-0.3, -0.25) is 0 Å². The van der Waals surface area contributed by atoms with Crippen LogP contribution in [0.5, 0.6) is 0 Å². The van der Waals surface area contributed by atoms with Crippen molar-refractivity contribution in [2.24, 2.45) is 29.4 Å². The lowest BCUT2D eigenvalue weighted by atomic mass is 9.72. The second-order valence-corrected chi connectivity index (χ2v) is 5.89. The predicted molar refractivity (Wildman–Crippen MR) is 61.0 cm³/mol. The molecule has 1 nitrogen and oxygen atoms in total. The van der Waals surface area contributed by atoms with Crippen LogP contribution in [-0.2, 0) is 0 Å². The van der Waals surface area contributed by atoms with Crippen molar-refractivity contribution < 1.29 is 0 Å². The van der Waals surface area contributed by atoms with Gasteiger partial charge in [0.15, 0.2) is 0 Å². The highest BCUT2D eigenvalue weighted by atomic mass is 14.7. The van der Waals surface area contributed by atoms with Crippen LogP contribution < -0.4 is 5.73 Å². The fourth-order valence-corrected chi connectivity index (χ4v) is 3.57. The third-order valence-electron chi connectivity index (χ3n) is 4.68. The molecule has 0 aliphatic heterocycles. The molecule has 0 aromatic heterocycles. The van der Waals surface area contributed by atoms with E-state index in [0.29, 0.717) is 6.04 Å². The van der Waals surface area contributed by atoms with Gasteiger partial charge in [-0.2, -0.15) is 0 Å². The molecule has 5 atom stereocenters. The normalized spacial score (nSPS) is 49.5. The first-order valence-electron chi connectivity index (χ1n) is 6.42. The van der Waals surface area contributed by atoms with E-state index in [1.54, 1.807) is 0 Å². The molecule has 2 fully saturated rings. The van der Waals surface area contributed by atoms with Gasteiger partial charge in [0.05, 0.1) is 0 Å². The number of rotatable bonds is 0. The molecule has 1 heteroatoms. The van der Waals surface area contributed by atoms with E-state index in [9.17, 15) is 0 Å². The molecule has 2 saturated carbocycles. The van der Waals surface area contributed by atoms with Crippen LogP contribution in [0.15, 0.2) is 0 Å². The zero-order valence-corrected chi connectivity index (χ0v) is 9.71. The Kier molecular flexibility index (Phi) is 3.16. The van der Waals surface area contributed by atoms with Crippen molar-refractivity contribution in [1.82, 2.24) is 0 Å². The topological polar surface area (TPSA) is 26.0 Å². The minimum Gasteiger partial charge on any atom is -0.327 e. The summed E-state index contributed by atoms with van der Waals surface area (Å²) in [5.41, 5.74) is 6.17. The lowest BCUT2D eigenvalue weighted by Crippen LogP contribution is -2.27. The summed E-state index contributed by atoms with van der Waals surface area (Å²) < 4.78 is 0. The van der Waals surface area contributed by atoms with Gasteiger partial charge < -0.3 is 5.73 Å². The molecular formula is C13H25N. The lowest BCUT2D eigenvalue weighted by Gasteiger charge is -2.34. The number of hydrogen-bond donors (Lipinski definition) is 1. The fraction of sp³-hybridized carbons (Fsp3) is 1.00. The average molecular weight is 195 g/mol. The van der Waals surface area contributed by atoms with Gasteiger partial charge in [-0.05, 0) is 55.8 Å². The van der Waals surface area contributed by atoms with Crippen LogP contribution in [0.3, 0.4) is 0 Å². The van der Waals surface area contributed by atoms with Crippen LogP contribution in [0.1, 0.15) is 52.4 Å². The molecule has 0 aromatic carbocycles. The maximum absolute atomic E-state index is 6.17. The van der Waals surface area contributed by atoms with Crippen molar-refractivity contribution in [3.63, 3.8) is 0 Å². The van der Waals surface area contributed by atoms with E-state index < -0.39 is 0 Å². The molecule has 0 heterocycles. The third kappa shape index (κ3) is 2.13.